The van der Waals surface area contributed by atoms with Crippen LogP contribution < -0.4 is 5.32 Å². The molecule has 0 aromatic rings. The van der Waals surface area contributed by atoms with Crippen molar-refractivity contribution in [2.45, 2.75) is 116 Å². The molecule has 0 spiro atoms. The van der Waals surface area contributed by atoms with E-state index >= 15 is 0 Å². The number of aliphatic carboxylic acids is 1. The van der Waals surface area contributed by atoms with E-state index in [4.69, 9.17) is 9.26 Å². The van der Waals surface area contributed by atoms with Crippen LogP contribution in [0.25, 0.3) is 0 Å². The van der Waals surface area contributed by atoms with Crippen LogP contribution in [0, 0.1) is 0 Å². The van der Waals surface area contributed by atoms with Crippen molar-refractivity contribution in [2.75, 3.05) is 19.8 Å². The molecular weight excluding hydrogens is 661 g/mol. The van der Waals surface area contributed by atoms with E-state index in [0.717, 1.165) is 64.2 Å². The first-order valence-electron chi connectivity index (χ1n) is 17.6. The van der Waals surface area contributed by atoms with Gasteiger partial charge in [0, 0.05) is 12.8 Å². The summed E-state index contributed by atoms with van der Waals surface area (Å²) in [5, 5.41) is 21.5. The van der Waals surface area contributed by atoms with Crippen LogP contribution in [0.3, 0.4) is 0 Å². The Bertz CT molecular complexity index is 1170. The molecule has 50 heavy (non-hydrogen) atoms. The van der Waals surface area contributed by atoms with E-state index in [9.17, 15) is 34.1 Å². The number of aliphatic hydroxyl groups is 1. The molecule has 0 bridgehead atoms. The quantitative estimate of drug-likeness (QED) is 0.0238. The highest BCUT2D eigenvalue weighted by Gasteiger charge is 2.28. The molecule has 0 saturated heterocycles. The summed E-state index contributed by atoms with van der Waals surface area (Å²) < 4.78 is 26.4. The van der Waals surface area contributed by atoms with Gasteiger partial charge in [-0.3, -0.25) is 18.6 Å². The van der Waals surface area contributed by atoms with Crippen LogP contribution in [0.2, 0.25) is 0 Å². The Hall–Kier alpha value is -3.34. The van der Waals surface area contributed by atoms with Crippen molar-refractivity contribution in [3.05, 3.63) is 85.1 Å². The third kappa shape index (κ3) is 31.9. The molecule has 3 atom stereocenters. The lowest BCUT2D eigenvalue weighted by atomic mass is 10.1. The van der Waals surface area contributed by atoms with Crippen molar-refractivity contribution in [2.24, 2.45) is 0 Å². The molecule has 0 rings (SSSR count). The molecule has 0 aliphatic heterocycles. The lowest BCUT2D eigenvalue weighted by molar-refractivity contribution is -0.147. The molecule has 4 N–H and O–H groups in total. The zero-order chi connectivity index (χ0) is 37.1. The zero-order valence-corrected chi connectivity index (χ0v) is 30.8. The molecule has 282 valence electrons. The van der Waals surface area contributed by atoms with Gasteiger partial charge in [0.15, 0.2) is 6.04 Å². The van der Waals surface area contributed by atoms with Gasteiger partial charge in [-0.15, -0.1) is 0 Å². The number of nitrogens with one attached hydrogen (secondary N) is 1. The molecule has 0 aliphatic rings. The Balaban J connectivity index is 4.17. The summed E-state index contributed by atoms with van der Waals surface area (Å²) in [6.07, 6.45) is 38.5. The van der Waals surface area contributed by atoms with Gasteiger partial charge in [0.2, 0.25) is 5.91 Å². The number of phosphoric ester groups is 1. The molecule has 12 heteroatoms. The smallest absolute Gasteiger partial charge is 0.472 e. The number of ether oxygens (including phenoxy) is 1. The van der Waals surface area contributed by atoms with E-state index in [-0.39, 0.29) is 12.8 Å². The molecule has 0 heterocycles. The van der Waals surface area contributed by atoms with Crippen molar-refractivity contribution in [3.8, 4) is 0 Å². The van der Waals surface area contributed by atoms with E-state index in [1.807, 2.05) is 12.2 Å². The van der Waals surface area contributed by atoms with Gasteiger partial charge in [-0.1, -0.05) is 125 Å². The summed E-state index contributed by atoms with van der Waals surface area (Å²) in [4.78, 5) is 45.3. The van der Waals surface area contributed by atoms with Gasteiger partial charge in [-0.25, -0.2) is 9.36 Å². The summed E-state index contributed by atoms with van der Waals surface area (Å²) in [6.45, 7) is 2.25. The van der Waals surface area contributed by atoms with E-state index in [2.05, 4.69) is 84.4 Å². The van der Waals surface area contributed by atoms with Crippen LogP contribution in [0.5, 0.6) is 0 Å². The minimum atomic E-state index is -4.77. The minimum absolute atomic E-state index is 0.0939. The number of carbonyl (C=O) groups is 3. The van der Waals surface area contributed by atoms with Crippen molar-refractivity contribution in [3.63, 3.8) is 0 Å². The SMILES string of the molecule is CC/C=C\C/C=C\C/C=C\C/C=C\C/C=C\C/C=C\C/C=C\CC(=O)NC(COP(=O)(O)OCC(O)COC(=O)CCCCCCC)C(=O)O. The number of carboxylic acid groups (broad SMARTS) is 1. The van der Waals surface area contributed by atoms with Crippen LogP contribution in [-0.2, 0) is 32.7 Å². The average molecular weight is 722 g/mol. The molecule has 0 saturated carbocycles. The summed E-state index contributed by atoms with van der Waals surface area (Å²) in [7, 11) is -4.77. The predicted molar refractivity (Wildman–Crippen MR) is 198 cm³/mol. The number of hydrogen-bond donors (Lipinski definition) is 4. The Morgan fingerprint density at radius 1 is 0.660 bits per heavy atom. The molecule has 0 radical (unpaired) electrons. The molecule has 1 amide bonds. The van der Waals surface area contributed by atoms with Crippen LogP contribution in [-0.4, -0.2) is 64.9 Å². The fourth-order valence-corrected chi connectivity index (χ4v) is 4.75. The maximum absolute atomic E-state index is 12.2. The third-order valence-electron chi connectivity index (χ3n) is 6.73. The Kier molecular flexibility index (Phi) is 30.6. The number of esters is 1. The molecule has 11 nitrogen and oxygen atoms in total. The minimum Gasteiger partial charge on any atom is -0.480 e. The number of amides is 1. The van der Waals surface area contributed by atoms with Gasteiger partial charge in [0.25, 0.3) is 0 Å². The molecular formula is C38H60NO10P. The second kappa shape index (κ2) is 32.8. The average Bonchev–Trinajstić information content (AvgIpc) is 3.08. The third-order valence-corrected chi connectivity index (χ3v) is 7.68. The molecule has 3 unspecified atom stereocenters. The van der Waals surface area contributed by atoms with Gasteiger partial charge in [-0.05, 0) is 51.4 Å². The summed E-state index contributed by atoms with van der Waals surface area (Å²) in [5.41, 5.74) is 0. The standard InChI is InChI=1S/C38H60NO10P/c1-3-5-7-9-10-11-12-13-14-15-16-17-18-19-20-21-22-23-24-26-27-29-36(41)39-35(38(43)44)33-49-50(45,46)48-32-34(40)31-47-37(42)30-28-25-8-6-4-2/h5,7,10-11,13-14,16-17,19-20,22-23,26-27,34-35,40H,3-4,6,8-9,12,15,18,21,24-25,28-33H2,1-2H3,(H,39,41)(H,43,44)(H,45,46)/b7-5-,11-10-,14-13-,17-16-,20-19-,23-22-,27-26-. The molecule has 0 aromatic carbocycles. The number of allylic oxidation sites excluding steroid dienone is 13. The van der Waals surface area contributed by atoms with Gasteiger partial charge < -0.3 is 25.2 Å². The van der Waals surface area contributed by atoms with Gasteiger partial charge in [0.1, 0.15) is 12.7 Å². The predicted octanol–water partition coefficient (Wildman–Crippen LogP) is 7.99. The maximum Gasteiger partial charge on any atom is 0.472 e. The topological polar surface area (TPSA) is 169 Å². The van der Waals surface area contributed by atoms with Crippen molar-refractivity contribution in [1.29, 1.82) is 0 Å². The summed E-state index contributed by atoms with van der Waals surface area (Å²) in [6, 6.07) is -1.61. The highest BCUT2D eigenvalue weighted by atomic mass is 31.2. The molecule has 0 fully saturated rings. The maximum atomic E-state index is 12.2. The van der Waals surface area contributed by atoms with Gasteiger partial charge >= 0.3 is 19.8 Å². The van der Waals surface area contributed by atoms with Gasteiger partial charge in [0.05, 0.1) is 13.2 Å². The van der Waals surface area contributed by atoms with Crippen LogP contribution in [0.4, 0.5) is 0 Å². The van der Waals surface area contributed by atoms with E-state index in [1.165, 1.54) is 0 Å². The van der Waals surface area contributed by atoms with Gasteiger partial charge in [-0.2, -0.15) is 0 Å². The number of carboxylic acids is 1. The number of unbranched alkanes of at least 4 members (excludes halogenated alkanes) is 4. The fraction of sp³-hybridized carbons (Fsp3) is 0.553. The number of carbonyl (C=O) groups excluding carboxylic acids is 2. The fourth-order valence-electron chi connectivity index (χ4n) is 3.98. The van der Waals surface area contributed by atoms with Crippen LogP contribution in [0.1, 0.15) is 104 Å². The number of aliphatic hydroxyl groups excluding tert-OH is 1. The Morgan fingerprint density at radius 2 is 1.12 bits per heavy atom. The molecule has 0 aliphatic carbocycles. The van der Waals surface area contributed by atoms with Crippen LogP contribution >= 0.6 is 7.82 Å². The zero-order valence-electron chi connectivity index (χ0n) is 29.9. The van der Waals surface area contributed by atoms with Crippen molar-refractivity contribution < 1.29 is 47.8 Å². The Morgan fingerprint density at radius 3 is 1.60 bits per heavy atom. The number of rotatable bonds is 31. The van der Waals surface area contributed by atoms with E-state index in [1.54, 1.807) is 12.2 Å². The highest BCUT2D eigenvalue weighted by molar-refractivity contribution is 7.47. The largest absolute Gasteiger partial charge is 0.480 e. The van der Waals surface area contributed by atoms with E-state index in [0.29, 0.717) is 12.8 Å². The first kappa shape index (κ1) is 46.7. The normalized spacial score (nSPS) is 15.0. The first-order chi connectivity index (χ1) is 24.1. The first-order valence-corrected chi connectivity index (χ1v) is 19.1. The van der Waals surface area contributed by atoms with Crippen molar-refractivity contribution >= 4 is 25.7 Å². The Labute approximate surface area is 299 Å². The number of hydrogen-bond acceptors (Lipinski definition) is 8. The second-order valence-electron chi connectivity index (χ2n) is 11.3. The number of phosphoric acid groups is 1. The highest BCUT2D eigenvalue weighted by Crippen LogP contribution is 2.43. The summed E-state index contributed by atoms with van der Waals surface area (Å²) >= 11 is 0. The lowest BCUT2D eigenvalue weighted by Crippen LogP contribution is -2.43. The lowest BCUT2D eigenvalue weighted by Gasteiger charge is -2.18. The second-order valence-corrected chi connectivity index (χ2v) is 12.8. The van der Waals surface area contributed by atoms with E-state index < -0.39 is 57.6 Å². The van der Waals surface area contributed by atoms with Crippen LogP contribution in [0.15, 0.2) is 85.1 Å². The monoisotopic (exact) mass is 721 g/mol. The summed E-state index contributed by atoms with van der Waals surface area (Å²) in [5.74, 6) is -2.58. The van der Waals surface area contributed by atoms with Crippen molar-refractivity contribution in [1.82, 2.24) is 5.32 Å². The molecule has 0 aromatic heterocycles.